The monoisotopic (exact) mass is 432 g/mol. The number of benzene rings is 1. The van der Waals surface area contributed by atoms with Crippen molar-refractivity contribution in [1.29, 1.82) is 0 Å². The summed E-state index contributed by atoms with van der Waals surface area (Å²) in [4.78, 5) is 38.8. The van der Waals surface area contributed by atoms with E-state index >= 15 is 0 Å². The van der Waals surface area contributed by atoms with Gasteiger partial charge in [-0.05, 0) is 45.6 Å². The van der Waals surface area contributed by atoms with Gasteiger partial charge in [0.05, 0.1) is 11.5 Å². The molecule has 0 bridgehead atoms. The number of carboxylic acids is 1. The number of nitrogens with one attached hydrogen (secondary N) is 1. The van der Waals surface area contributed by atoms with Crippen molar-refractivity contribution in [3.05, 3.63) is 35.4 Å². The lowest BCUT2D eigenvalue weighted by atomic mass is 9.71. The molecule has 0 aromatic heterocycles. The topological polar surface area (TPSA) is 95.9 Å². The minimum Gasteiger partial charge on any atom is -0.479 e. The van der Waals surface area contributed by atoms with E-state index < -0.39 is 23.2 Å². The Morgan fingerprint density at radius 3 is 2.26 bits per heavy atom. The lowest BCUT2D eigenvalue weighted by molar-refractivity contribution is -0.251. The van der Waals surface area contributed by atoms with E-state index in [0.717, 1.165) is 24.0 Å². The standard InChI is InChI=1S/C24H36N2O5/c1-7-10-18(17-13-11-16(4)12-14-17)25-19(27)15-26-20(28)24(8-2,9-3)21(26)31-23(5,6)22(29)30/h11-14,18,21H,7-10,15H2,1-6H3,(H,25,27)(H,29,30)/t18-,21+/m1/s1. The number of carboxylic acid groups (broad SMARTS) is 1. The number of carbonyl (C=O) groups excluding carboxylic acids is 2. The number of likely N-dealkylation sites (tertiary alicyclic amines) is 1. The van der Waals surface area contributed by atoms with Gasteiger partial charge in [0.2, 0.25) is 11.8 Å². The second-order valence-corrected chi connectivity index (χ2v) is 8.90. The molecule has 2 N–H and O–H groups in total. The Balaban J connectivity index is 2.17. The van der Waals surface area contributed by atoms with Gasteiger partial charge in [0, 0.05) is 0 Å². The van der Waals surface area contributed by atoms with Crippen LogP contribution in [0.2, 0.25) is 0 Å². The van der Waals surface area contributed by atoms with E-state index in [0.29, 0.717) is 12.8 Å². The van der Waals surface area contributed by atoms with Crippen LogP contribution in [-0.2, 0) is 19.1 Å². The number of hydrogen-bond donors (Lipinski definition) is 2. The van der Waals surface area contributed by atoms with Crippen LogP contribution in [0.4, 0.5) is 0 Å². The Morgan fingerprint density at radius 1 is 1.19 bits per heavy atom. The Labute approximate surface area is 185 Å². The Hall–Kier alpha value is -2.41. The van der Waals surface area contributed by atoms with Gasteiger partial charge in [-0.15, -0.1) is 0 Å². The van der Waals surface area contributed by atoms with E-state index in [-0.39, 0.29) is 24.4 Å². The molecule has 172 valence electrons. The first-order valence-corrected chi connectivity index (χ1v) is 11.1. The summed E-state index contributed by atoms with van der Waals surface area (Å²) in [5.41, 5.74) is -0.102. The van der Waals surface area contributed by atoms with Gasteiger partial charge in [0.25, 0.3) is 0 Å². The number of ether oxygens (including phenoxy) is 1. The molecule has 2 rings (SSSR count). The molecule has 2 atom stereocenters. The molecule has 31 heavy (non-hydrogen) atoms. The number of β-lactam (4-membered cyclic amide) rings is 1. The van der Waals surface area contributed by atoms with Crippen molar-refractivity contribution in [1.82, 2.24) is 10.2 Å². The highest BCUT2D eigenvalue weighted by atomic mass is 16.6. The van der Waals surface area contributed by atoms with Crippen molar-refractivity contribution < 1.29 is 24.2 Å². The largest absolute Gasteiger partial charge is 0.479 e. The third-order valence-corrected chi connectivity index (χ3v) is 6.33. The van der Waals surface area contributed by atoms with E-state index in [1.165, 1.54) is 18.7 Å². The van der Waals surface area contributed by atoms with Crippen LogP contribution in [0.3, 0.4) is 0 Å². The normalized spacial score (nSPS) is 19.0. The second kappa shape index (κ2) is 9.81. The molecule has 0 radical (unpaired) electrons. The number of amides is 2. The average molecular weight is 433 g/mol. The number of aryl methyl sites for hydroxylation is 1. The highest BCUT2D eigenvalue weighted by Crippen LogP contribution is 2.47. The SMILES string of the molecule is CCC[C@@H](NC(=O)CN1C(=O)C(CC)(CC)[C@@H]1OC(C)(C)C(=O)O)c1ccc(C)cc1. The van der Waals surface area contributed by atoms with Crippen molar-refractivity contribution in [2.45, 2.75) is 85.1 Å². The van der Waals surface area contributed by atoms with Crippen LogP contribution in [0, 0.1) is 12.3 Å². The molecular formula is C24H36N2O5. The fourth-order valence-electron chi connectivity index (χ4n) is 4.10. The van der Waals surface area contributed by atoms with Gasteiger partial charge in [0.1, 0.15) is 12.8 Å². The van der Waals surface area contributed by atoms with Crippen LogP contribution >= 0.6 is 0 Å². The molecule has 0 spiro atoms. The number of aliphatic carboxylic acids is 1. The summed E-state index contributed by atoms with van der Waals surface area (Å²) >= 11 is 0. The lowest BCUT2D eigenvalue weighted by Crippen LogP contribution is -2.72. The minimum absolute atomic E-state index is 0.147. The van der Waals surface area contributed by atoms with Gasteiger partial charge in [-0.1, -0.05) is 57.0 Å². The molecule has 1 heterocycles. The summed E-state index contributed by atoms with van der Waals surface area (Å²) < 4.78 is 5.89. The van der Waals surface area contributed by atoms with Gasteiger partial charge in [-0.25, -0.2) is 4.79 Å². The molecule has 0 saturated carbocycles. The first-order chi connectivity index (χ1) is 14.5. The van der Waals surface area contributed by atoms with Crippen LogP contribution in [-0.4, -0.2) is 46.2 Å². The summed E-state index contributed by atoms with van der Waals surface area (Å²) in [6.45, 7) is 10.6. The average Bonchev–Trinajstić information content (AvgIpc) is 2.72. The lowest BCUT2D eigenvalue weighted by Gasteiger charge is -2.56. The fraction of sp³-hybridized carbons (Fsp3) is 0.625. The maximum atomic E-state index is 13.0. The van der Waals surface area contributed by atoms with Crippen molar-refractivity contribution in [3.63, 3.8) is 0 Å². The van der Waals surface area contributed by atoms with Crippen LogP contribution < -0.4 is 5.32 Å². The van der Waals surface area contributed by atoms with Crippen molar-refractivity contribution in [2.75, 3.05) is 6.54 Å². The molecule has 1 saturated heterocycles. The number of rotatable bonds is 11. The highest BCUT2D eigenvalue weighted by molar-refractivity contribution is 5.93. The summed E-state index contributed by atoms with van der Waals surface area (Å²) in [5.74, 6) is -1.56. The van der Waals surface area contributed by atoms with Gasteiger partial charge in [-0.3, -0.25) is 9.59 Å². The van der Waals surface area contributed by atoms with E-state index in [9.17, 15) is 19.5 Å². The molecule has 1 aliphatic heterocycles. The molecule has 1 aliphatic rings. The maximum absolute atomic E-state index is 13.0. The Morgan fingerprint density at radius 2 is 1.77 bits per heavy atom. The van der Waals surface area contributed by atoms with E-state index in [1.807, 2.05) is 45.0 Å². The van der Waals surface area contributed by atoms with Crippen molar-refractivity contribution >= 4 is 17.8 Å². The van der Waals surface area contributed by atoms with Gasteiger partial charge < -0.3 is 20.1 Å². The number of hydrogen-bond acceptors (Lipinski definition) is 4. The zero-order valence-electron chi connectivity index (χ0n) is 19.5. The fourth-order valence-corrected chi connectivity index (χ4v) is 4.10. The number of nitrogens with zero attached hydrogens (tertiary/aromatic N) is 1. The Kier molecular flexibility index (Phi) is 7.87. The highest BCUT2D eigenvalue weighted by Gasteiger charge is 2.61. The molecule has 0 unspecified atom stereocenters. The van der Waals surface area contributed by atoms with Crippen LogP contribution in [0.5, 0.6) is 0 Å². The van der Waals surface area contributed by atoms with E-state index in [2.05, 4.69) is 12.2 Å². The predicted octanol–water partition coefficient (Wildman–Crippen LogP) is 3.81. The molecule has 7 heteroatoms. The maximum Gasteiger partial charge on any atom is 0.335 e. The van der Waals surface area contributed by atoms with E-state index in [1.54, 1.807) is 0 Å². The van der Waals surface area contributed by atoms with Crippen LogP contribution in [0.15, 0.2) is 24.3 Å². The summed E-state index contributed by atoms with van der Waals surface area (Å²) in [6, 6.07) is 7.89. The first kappa shape index (κ1) is 24.9. The van der Waals surface area contributed by atoms with Gasteiger partial charge in [0.15, 0.2) is 5.60 Å². The smallest absolute Gasteiger partial charge is 0.335 e. The molecule has 2 amide bonds. The van der Waals surface area contributed by atoms with Crippen LogP contribution in [0.1, 0.15) is 77.5 Å². The summed E-state index contributed by atoms with van der Waals surface area (Å²) in [7, 11) is 0. The minimum atomic E-state index is -1.47. The van der Waals surface area contributed by atoms with Crippen molar-refractivity contribution in [2.24, 2.45) is 5.41 Å². The zero-order chi connectivity index (χ0) is 23.4. The van der Waals surface area contributed by atoms with Crippen LogP contribution in [0.25, 0.3) is 0 Å². The number of carbonyl (C=O) groups is 3. The molecule has 1 aromatic carbocycles. The quantitative estimate of drug-likeness (QED) is 0.519. The van der Waals surface area contributed by atoms with Gasteiger partial charge >= 0.3 is 5.97 Å². The molecule has 7 nitrogen and oxygen atoms in total. The predicted molar refractivity (Wildman–Crippen MR) is 118 cm³/mol. The molecule has 0 aliphatic carbocycles. The summed E-state index contributed by atoms with van der Waals surface area (Å²) in [6.07, 6.45) is 1.96. The second-order valence-electron chi connectivity index (χ2n) is 8.90. The van der Waals surface area contributed by atoms with Crippen molar-refractivity contribution in [3.8, 4) is 0 Å². The van der Waals surface area contributed by atoms with Gasteiger partial charge in [-0.2, -0.15) is 0 Å². The Bertz CT molecular complexity index is 799. The third kappa shape index (κ3) is 5.09. The zero-order valence-corrected chi connectivity index (χ0v) is 19.5. The molecular weight excluding hydrogens is 396 g/mol. The third-order valence-electron chi connectivity index (χ3n) is 6.33. The molecule has 1 fully saturated rings. The first-order valence-electron chi connectivity index (χ1n) is 11.1. The molecule has 1 aromatic rings. The van der Waals surface area contributed by atoms with E-state index in [4.69, 9.17) is 4.74 Å². The summed E-state index contributed by atoms with van der Waals surface area (Å²) in [5, 5.41) is 12.5.